The van der Waals surface area contributed by atoms with Gasteiger partial charge in [0.15, 0.2) is 0 Å². The highest BCUT2D eigenvalue weighted by atomic mass is 32.2. The van der Waals surface area contributed by atoms with Crippen molar-refractivity contribution in [2.45, 2.75) is 18.9 Å². The molecule has 0 radical (unpaired) electrons. The van der Waals surface area contributed by atoms with Crippen molar-refractivity contribution in [3.63, 3.8) is 0 Å². The molecular weight excluding hydrogens is 278 g/mol. The van der Waals surface area contributed by atoms with Crippen molar-refractivity contribution >= 4 is 21.6 Å². The molecule has 0 spiro atoms. The zero-order valence-electron chi connectivity index (χ0n) is 11.0. The average molecular weight is 293 g/mol. The number of rotatable bonds is 5. The molecule has 106 valence electrons. The average Bonchev–Trinajstić information content (AvgIpc) is 3.19. The number of nitriles is 1. The molecule has 2 rings (SSSR count). The van der Waals surface area contributed by atoms with Gasteiger partial charge in [0.1, 0.15) is 6.07 Å². The molecule has 0 aromatic heterocycles. The van der Waals surface area contributed by atoms with E-state index in [9.17, 15) is 13.2 Å². The lowest BCUT2D eigenvalue weighted by atomic mass is 10.2. The van der Waals surface area contributed by atoms with Crippen molar-refractivity contribution in [1.29, 1.82) is 5.26 Å². The number of carbonyl (C=O) groups excluding carboxylic acids is 1. The number of amides is 1. The lowest BCUT2D eigenvalue weighted by Gasteiger charge is -2.18. The van der Waals surface area contributed by atoms with Crippen LogP contribution in [0.3, 0.4) is 0 Å². The number of hydrogen-bond donors (Lipinski definition) is 1. The van der Waals surface area contributed by atoms with E-state index in [1.54, 1.807) is 24.3 Å². The molecule has 0 unspecified atom stereocenters. The Hall–Kier alpha value is -1.91. The summed E-state index contributed by atoms with van der Waals surface area (Å²) in [7, 11) is -3.40. The minimum atomic E-state index is -3.40. The molecule has 0 aliphatic heterocycles. The maximum atomic E-state index is 11.9. The normalized spacial score (nSPS) is 14.8. The van der Waals surface area contributed by atoms with Gasteiger partial charge in [-0.25, -0.2) is 8.42 Å². The van der Waals surface area contributed by atoms with Crippen LogP contribution in [0.5, 0.6) is 0 Å². The molecular formula is C13H15N3O3S. The second kappa shape index (κ2) is 5.61. The van der Waals surface area contributed by atoms with Crippen LogP contribution in [0.15, 0.2) is 24.3 Å². The smallest absolute Gasteiger partial charge is 0.239 e. The third kappa shape index (κ3) is 3.56. The van der Waals surface area contributed by atoms with Crippen LogP contribution in [0.4, 0.5) is 5.69 Å². The lowest BCUT2D eigenvalue weighted by molar-refractivity contribution is -0.116. The molecule has 6 nitrogen and oxygen atoms in total. The van der Waals surface area contributed by atoms with E-state index in [0.717, 1.165) is 19.1 Å². The van der Waals surface area contributed by atoms with Crippen LogP contribution < -0.4 is 5.32 Å². The number of sulfonamides is 1. The molecule has 7 heteroatoms. The molecule has 0 atom stereocenters. The van der Waals surface area contributed by atoms with Gasteiger partial charge >= 0.3 is 0 Å². The van der Waals surface area contributed by atoms with Crippen molar-refractivity contribution < 1.29 is 13.2 Å². The topological polar surface area (TPSA) is 90.3 Å². The number of anilines is 1. The Morgan fingerprint density at radius 2 is 2.10 bits per heavy atom. The second-order valence-electron chi connectivity index (χ2n) is 4.74. The van der Waals surface area contributed by atoms with Crippen LogP contribution in [-0.2, 0) is 14.8 Å². The zero-order chi connectivity index (χ0) is 14.8. The molecule has 1 aliphatic carbocycles. The largest absolute Gasteiger partial charge is 0.324 e. The molecule has 20 heavy (non-hydrogen) atoms. The first-order valence-electron chi connectivity index (χ1n) is 6.17. The van der Waals surface area contributed by atoms with Crippen molar-refractivity contribution in [1.82, 2.24) is 4.31 Å². The van der Waals surface area contributed by atoms with Gasteiger partial charge in [-0.05, 0) is 25.0 Å². The van der Waals surface area contributed by atoms with Gasteiger partial charge in [-0.3, -0.25) is 4.79 Å². The third-order valence-electron chi connectivity index (χ3n) is 3.00. The Labute approximate surface area is 118 Å². The van der Waals surface area contributed by atoms with E-state index in [2.05, 4.69) is 5.32 Å². The second-order valence-corrected chi connectivity index (χ2v) is 6.68. The van der Waals surface area contributed by atoms with Crippen LogP contribution in [0.2, 0.25) is 0 Å². The van der Waals surface area contributed by atoms with Gasteiger partial charge in [-0.2, -0.15) is 9.57 Å². The minimum absolute atomic E-state index is 0.0676. The van der Waals surface area contributed by atoms with Crippen molar-refractivity contribution in [2.75, 3.05) is 18.1 Å². The summed E-state index contributed by atoms with van der Waals surface area (Å²) in [4.78, 5) is 11.9. The fourth-order valence-corrected chi connectivity index (χ4v) is 3.00. The Morgan fingerprint density at radius 1 is 1.45 bits per heavy atom. The molecule has 1 N–H and O–H groups in total. The Bertz CT molecular complexity index is 660. The number of nitrogens with zero attached hydrogens (tertiary/aromatic N) is 2. The standard InChI is InChI=1S/C13H15N3O3S/c1-20(18,19)16(11-6-7-11)9-13(17)15-12-5-3-2-4-10(12)8-14/h2-5,11H,6-7,9H2,1H3,(H,15,17). The minimum Gasteiger partial charge on any atom is -0.324 e. The Kier molecular flexibility index (Phi) is 4.06. The van der Waals surface area contributed by atoms with Gasteiger partial charge in [0, 0.05) is 6.04 Å². The van der Waals surface area contributed by atoms with Crippen molar-refractivity contribution in [3.8, 4) is 6.07 Å². The molecule has 1 aromatic rings. The number of hydrogen-bond acceptors (Lipinski definition) is 4. The van der Waals surface area contributed by atoms with Crippen LogP contribution in [-0.4, -0.2) is 37.5 Å². The number of nitrogens with one attached hydrogen (secondary N) is 1. The van der Waals surface area contributed by atoms with E-state index >= 15 is 0 Å². The predicted molar refractivity (Wildman–Crippen MR) is 74.4 cm³/mol. The summed E-state index contributed by atoms with van der Waals surface area (Å²) < 4.78 is 24.4. The van der Waals surface area contributed by atoms with Gasteiger partial charge in [0.25, 0.3) is 0 Å². The monoisotopic (exact) mass is 293 g/mol. The molecule has 1 aliphatic rings. The van der Waals surface area contributed by atoms with E-state index in [-0.39, 0.29) is 12.6 Å². The third-order valence-corrected chi connectivity index (χ3v) is 4.28. The number of benzene rings is 1. The summed E-state index contributed by atoms with van der Waals surface area (Å²) in [6.45, 7) is -0.219. The van der Waals surface area contributed by atoms with Crippen LogP contribution in [0.25, 0.3) is 0 Å². The first-order chi connectivity index (χ1) is 9.41. The summed E-state index contributed by atoms with van der Waals surface area (Å²) in [5, 5.41) is 11.5. The van der Waals surface area contributed by atoms with Crippen LogP contribution >= 0.6 is 0 Å². The van der Waals surface area contributed by atoms with Gasteiger partial charge < -0.3 is 5.32 Å². The molecule has 0 saturated heterocycles. The molecule has 1 fully saturated rings. The molecule has 0 bridgehead atoms. The van der Waals surface area contributed by atoms with Crippen LogP contribution in [0, 0.1) is 11.3 Å². The number of carbonyl (C=O) groups is 1. The predicted octanol–water partition coefficient (Wildman–Crippen LogP) is 0.921. The summed E-state index contributed by atoms with van der Waals surface area (Å²) in [5.41, 5.74) is 0.738. The maximum Gasteiger partial charge on any atom is 0.239 e. The van der Waals surface area contributed by atoms with E-state index in [1.807, 2.05) is 6.07 Å². The van der Waals surface area contributed by atoms with E-state index < -0.39 is 15.9 Å². The summed E-state index contributed by atoms with van der Waals surface area (Å²) >= 11 is 0. The van der Waals surface area contributed by atoms with Gasteiger partial charge in [0.05, 0.1) is 24.1 Å². The maximum absolute atomic E-state index is 11.9. The van der Waals surface area contributed by atoms with Crippen molar-refractivity contribution in [2.24, 2.45) is 0 Å². The van der Waals surface area contributed by atoms with Crippen molar-refractivity contribution in [3.05, 3.63) is 29.8 Å². The first kappa shape index (κ1) is 14.5. The highest BCUT2D eigenvalue weighted by Crippen LogP contribution is 2.28. The fourth-order valence-electron chi connectivity index (χ4n) is 1.90. The summed E-state index contributed by atoms with van der Waals surface area (Å²) in [6, 6.07) is 8.50. The molecule has 1 saturated carbocycles. The molecule has 1 aromatic carbocycles. The van der Waals surface area contributed by atoms with Gasteiger partial charge in [0.2, 0.25) is 15.9 Å². The first-order valence-corrected chi connectivity index (χ1v) is 8.02. The fraction of sp³-hybridized carbons (Fsp3) is 0.385. The lowest BCUT2D eigenvalue weighted by Crippen LogP contribution is -2.38. The quantitative estimate of drug-likeness (QED) is 0.874. The van der Waals surface area contributed by atoms with E-state index in [4.69, 9.17) is 5.26 Å². The van der Waals surface area contributed by atoms with Crippen LogP contribution in [0.1, 0.15) is 18.4 Å². The van der Waals surface area contributed by atoms with Gasteiger partial charge in [-0.1, -0.05) is 12.1 Å². The summed E-state index contributed by atoms with van der Waals surface area (Å²) in [6.07, 6.45) is 2.67. The molecule has 0 heterocycles. The SMILES string of the molecule is CS(=O)(=O)N(CC(=O)Nc1ccccc1C#N)C1CC1. The van der Waals surface area contributed by atoms with E-state index in [1.165, 1.54) is 4.31 Å². The van der Waals surface area contributed by atoms with E-state index in [0.29, 0.717) is 11.3 Å². The zero-order valence-corrected chi connectivity index (χ0v) is 11.9. The highest BCUT2D eigenvalue weighted by molar-refractivity contribution is 7.88. The number of para-hydroxylation sites is 1. The Morgan fingerprint density at radius 3 is 2.65 bits per heavy atom. The molecule has 1 amide bonds. The Balaban J connectivity index is 2.07. The van der Waals surface area contributed by atoms with Gasteiger partial charge in [-0.15, -0.1) is 0 Å². The summed E-state index contributed by atoms with van der Waals surface area (Å²) in [5.74, 6) is -0.440. The highest BCUT2D eigenvalue weighted by Gasteiger charge is 2.36.